The molecule has 4 nitrogen and oxygen atoms in total. The molecule has 2 aromatic rings. The minimum Gasteiger partial charge on any atom is -0.476 e. The quantitative estimate of drug-likeness (QED) is 0.819. The molecule has 0 amide bonds. The normalized spacial score (nSPS) is 10.2. The van der Waals surface area contributed by atoms with Crippen molar-refractivity contribution in [2.45, 2.75) is 13.8 Å². The molecule has 0 N–H and O–H groups in total. The fraction of sp³-hybridized carbons (Fsp3) is 0.250. The van der Waals surface area contributed by atoms with Gasteiger partial charge in [-0.05, 0) is 30.2 Å². The van der Waals surface area contributed by atoms with Crippen LogP contribution >= 0.6 is 11.6 Å². The lowest BCUT2D eigenvalue weighted by Gasteiger charge is -2.10. The van der Waals surface area contributed by atoms with E-state index >= 15 is 0 Å². The van der Waals surface area contributed by atoms with Gasteiger partial charge in [0.2, 0.25) is 5.88 Å². The van der Waals surface area contributed by atoms with Crippen LogP contribution in [-0.2, 0) is 0 Å². The van der Waals surface area contributed by atoms with Gasteiger partial charge in [-0.3, -0.25) is 0 Å². The first-order valence-electron chi connectivity index (χ1n) is 6.55. The number of nitrogens with zero attached hydrogens (tertiary/aromatic N) is 2. The predicted molar refractivity (Wildman–Crippen MR) is 80.8 cm³/mol. The predicted octanol–water partition coefficient (Wildman–Crippen LogP) is 4.43. The van der Waals surface area contributed by atoms with Crippen LogP contribution in [-0.4, -0.2) is 11.6 Å². The maximum absolute atomic E-state index is 8.74. The van der Waals surface area contributed by atoms with E-state index in [1.165, 1.54) is 0 Å². The number of hydrogen-bond acceptors (Lipinski definition) is 4. The molecule has 1 heterocycles. The van der Waals surface area contributed by atoms with Gasteiger partial charge in [-0.25, -0.2) is 4.98 Å². The summed E-state index contributed by atoms with van der Waals surface area (Å²) in [5.74, 6) is 1.93. The topological polar surface area (TPSA) is 55.1 Å². The largest absolute Gasteiger partial charge is 0.476 e. The van der Waals surface area contributed by atoms with Crippen molar-refractivity contribution in [3.8, 4) is 23.4 Å². The summed E-state index contributed by atoms with van der Waals surface area (Å²) < 4.78 is 11.1. The third-order valence-corrected chi connectivity index (χ3v) is 2.83. The summed E-state index contributed by atoms with van der Waals surface area (Å²) in [6.07, 6.45) is 1.56. The Morgan fingerprint density at radius 1 is 1.24 bits per heavy atom. The summed E-state index contributed by atoms with van der Waals surface area (Å²) in [4.78, 5) is 4.15. The zero-order valence-corrected chi connectivity index (χ0v) is 12.6. The molecule has 1 aromatic heterocycles. The average Bonchev–Trinajstić information content (AvgIpc) is 2.47. The molecule has 0 aliphatic rings. The van der Waals surface area contributed by atoms with Crippen LogP contribution in [0.2, 0.25) is 5.02 Å². The molecule has 0 unspecified atom stereocenters. The van der Waals surface area contributed by atoms with Gasteiger partial charge in [0.05, 0.1) is 24.4 Å². The fourth-order valence-electron chi connectivity index (χ4n) is 1.55. The molecule has 2 rings (SSSR count). The molecular weight excluding hydrogens is 288 g/mol. The number of pyridine rings is 1. The van der Waals surface area contributed by atoms with E-state index in [4.69, 9.17) is 26.3 Å². The first kappa shape index (κ1) is 15.1. The van der Waals surface area contributed by atoms with Crippen LogP contribution in [0.3, 0.4) is 0 Å². The molecular formula is C16H15ClN2O2. The number of hydrogen-bond donors (Lipinski definition) is 0. The van der Waals surface area contributed by atoms with Crippen LogP contribution < -0.4 is 9.47 Å². The van der Waals surface area contributed by atoms with E-state index in [-0.39, 0.29) is 0 Å². The lowest BCUT2D eigenvalue weighted by molar-refractivity contribution is 0.261. The third kappa shape index (κ3) is 4.37. The van der Waals surface area contributed by atoms with E-state index in [1.54, 1.807) is 36.5 Å². The van der Waals surface area contributed by atoms with Crippen LogP contribution in [0.5, 0.6) is 17.4 Å². The Morgan fingerprint density at radius 2 is 1.95 bits per heavy atom. The minimum absolute atomic E-state index is 0.400. The molecule has 108 valence electrons. The molecule has 1 aromatic carbocycles. The van der Waals surface area contributed by atoms with Gasteiger partial charge in [-0.15, -0.1) is 0 Å². The Labute approximate surface area is 128 Å². The maximum Gasteiger partial charge on any atom is 0.232 e. The third-order valence-electron chi connectivity index (χ3n) is 2.55. The minimum atomic E-state index is 0.400. The Hall–Kier alpha value is -2.25. The molecule has 0 saturated heterocycles. The number of aromatic nitrogens is 1. The lowest BCUT2D eigenvalue weighted by Crippen LogP contribution is -2.06. The summed E-state index contributed by atoms with van der Waals surface area (Å²) in [6.45, 7) is 4.66. The second kappa shape index (κ2) is 6.96. The number of benzene rings is 1. The summed E-state index contributed by atoms with van der Waals surface area (Å²) in [5.41, 5.74) is 0.580. The van der Waals surface area contributed by atoms with E-state index in [0.717, 1.165) is 0 Å². The van der Waals surface area contributed by atoms with Crippen molar-refractivity contribution in [2.75, 3.05) is 6.61 Å². The number of nitriles is 1. The Morgan fingerprint density at radius 3 is 2.52 bits per heavy atom. The van der Waals surface area contributed by atoms with Crippen LogP contribution in [0, 0.1) is 17.2 Å². The molecule has 0 atom stereocenters. The van der Waals surface area contributed by atoms with Crippen molar-refractivity contribution in [3.05, 3.63) is 47.1 Å². The summed E-state index contributed by atoms with van der Waals surface area (Å²) in [7, 11) is 0. The van der Waals surface area contributed by atoms with Crippen molar-refractivity contribution in [2.24, 2.45) is 5.92 Å². The molecule has 0 spiro atoms. The highest BCUT2D eigenvalue weighted by Crippen LogP contribution is 2.29. The second-order valence-electron chi connectivity index (χ2n) is 4.90. The van der Waals surface area contributed by atoms with Gasteiger partial charge in [0.15, 0.2) is 0 Å². The Kier molecular flexibility index (Phi) is 5.02. The Balaban J connectivity index is 2.07. The molecule has 0 aliphatic heterocycles. The van der Waals surface area contributed by atoms with E-state index in [9.17, 15) is 0 Å². The molecule has 0 bridgehead atoms. The van der Waals surface area contributed by atoms with E-state index in [2.05, 4.69) is 24.9 Å². The van der Waals surface area contributed by atoms with Gasteiger partial charge < -0.3 is 9.47 Å². The maximum atomic E-state index is 8.74. The van der Waals surface area contributed by atoms with E-state index in [1.807, 2.05) is 0 Å². The van der Waals surface area contributed by atoms with Crippen molar-refractivity contribution in [3.63, 3.8) is 0 Å². The monoisotopic (exact) mass is 302 g/mol. The lowest BCUT2D eigenvalue weighted by atomic mass is 10.2. The first-order chi connectivity index (χ1) is 10.1. The van der Waals surface area contributed by atoms with E-state index in [0.29, 0.717) is 40.5 Å². The first-order valence-corrected chi connectivity index (χ1v) is 6.92. The van der Waals surface area contributed by atoms with Crippen molar-refractivity contribution in [1.29, 1.82) is 5.26 Å². The average molecular weight is 303 g/mol. The Bertz CT molecular complexity index is 648. The van der Waals surface area contributed by atoms with Crippen molar-refractivity contribution in [1.82, 2.24) is 4.98 Å². The number of halogens is 1. The van der Waals surface area contributed by atoms with Gasteiger partial charge in [0.25, 0.3) is 0 Å². The standard InChI is InChI=1S/C16H15ClN2O2/c1-11(2)10-20-16-15(17)7-14(9-19-16)21-13-5-3-12(8-18)4-6-13/h3-7,9,11H,10H2,1-2H3. The SMILES string of the molecule is CC(C)COc1ncc(Oc2ccc(C#N)cc2)cc1Cl. The van der Waals surface area contributed by atoms with Gasteiger partial charge in [-0.1, -0.05) is 25.4 Å². The summed E-state index contributed by atoms with van der Waals surface area (Å²) in [5, 5.41) is 9.15. The zero-order valence-electron chi connectivity index (χ0n) is 11.8. The molecule has 21 heavy (non-hydrogen) atoms. The molecule has 0 radical (unpaired) electrons. The second-order valence-corrected chi connectivity index (χ2v) is 5.31. The number of rotatable bonds is 5. The smallest absolute Gasteiger partial charge is 0.232 e. The fourth-order valence-corrected chi connectivity index (χ4v) is 1.76. The van der Waals surface area contributed by atoms with Crippen LogP contribution in [0.25, 0.3) is 0 Å². The van der Waals surface area contributed by atoms with Crippen molar-refractivity contribution < 1.29 is 9.47 Å². The van der Waals surface area contributed by atoms with Crippen LogP contribution in [0.4, 0.5) is 0 Å². The number of ether oxygens (including phenoxy) is 2. The summed E-state index contributed by atoms with van der Waals surface area (Å²) >= 11 is 6.12. The highest BCUT2D eigenvalue weighted by molar-refractivity contribution is 6.31. The highest BCUT2D eigenvalue weighted by atomic mass is 35.5. The van der Waals surface area contributed by atoms with Gasteiger partial charge in [0, 0.05) is 6.07 Å². The van der Waals surface area contributed by atoms with Gasteiger partial charge >= 0.3 is 0 Å². The molecule has 0 fully saturated rings. The van der Waals surface area contributed by atoms with Gasteiger partial charge in [0.1, 0.15) is 16.5 Å². The highest BCUT2D eigenvalue weighted by Gasteiger charge is 2.07. The zero-order chi connectivity index (χ0) is 15.2. The molecule has 0 saturated carbocycles. The van der Waals surface area contributed by atoms with Gasteiger partial charge in [-0.2, -0.15) is 5.26 Å². The van der Waals surface area contributed by atoms with Crippen LogP contribution in [0.1, 0.15) is 19.4 Å². The molecule has 0 aliphatic carbocycles. The summed E-state index contributed by atoms with van der Waals surface area (Å²) in [6, 6.07) is 10.5. The van der Waals surface area contributed by atoms with E-state index < -0.39 is 0 Å². The van der Waals surface area contributed by atoms with Crippen molar-refractivity contribution >= 4 is 11.6 Å². The molecule has 5 heteroatoms. The van der Waals surface area contributed by atoms with Crippen LogP contribution in [0.15, 0.2) is 36.5 Å².